The lowest BCUT2D eigenvalue weighted by Gasteiger charge is -2.21. The molecule has 0 aliphatic carbocycles. The third kappa shape index (κ3) is 9.65. The summed E-state index contributed by atoms with van der Waals surface area (Å²) in [7, 11) is 1.50. The number of nitrogens with one attached hydrogen (secondary N) is 1. The van der Waals surface area contributed by atoms with Gasteiger partial charge in [0, 0.05) is 48.5 Å². The predicted molar refractivity (Wildman–Crippen MR) is 148 cm³/mol. The van der Waals surface area contributed by atoms with Crippen LogP contribution in [-0.2, 0) is 15.8 Å². The number of nitrogens with two attached hydrogens (primary N) is 1. The summed E-state index contributed by atoms with van der Waals surface area (Å²) in [5.41, 5.74) is 7.07. The van der Waals surface area contributed by atoms with E-state index in [9.17, 15) is 22.8 Å². The van der Waals surface area contributed by atoms with E-state index in [1.165, 1.54) is 19.2 Å². The molecule has 216 valence electrons. The van der Waals surface area contributed by atoms with Crippen molar-refractivity contribution in [3.63, 3.8) is 0 Å². The zero-order valence-electron chi connectivity index (χ0n) is 22.0. The van der Waals surface area contributed by atoms with Crippen molar-refractivity contribution >= 4 is 40.3 Å². The third-order valence-corrected chi connectivity index (χ3v) is 6.40. The molecular formula is C27H30F3N3O6S. The lowest BCUT2D eigenvalue weighted by molar-refractivity contribution is -0.137. The van der Waals surface area contributed by atoms with Gasteiger partial charge in [0.25, 0.3) is 0 Å². The molecule has 3 rings (SSSR count). The molecular weight excluding hydrogens is 551 g/mol. The second kappa shape index (κ2) is 15.0. The number of carboxylic acid groups (broad SMARTS) is 2. The van der Waals surface area contributed by atoms with Crippen LogP contribution in [0.5, 0.6) is 17.2 Å². The van der Waals surface area contributed by atoms with Crippen molar-refractivity contribution < 1.29 is 42.4 Å². The molecule has 0 saturated heterocycles. The Bertz CT molecular complexity index is 1340. The minimum atomic E-state index is -4.46. The Hall–Kier alpha value is -3.97. The monoisotopic (exact) mass is 581 g/mol. The number of methoxy groups -OCH3 is 1. The predicted octanol–water partition coefficient (Wildman–Crippen LogP) is 5.57. The molecule has 1 atom stereocenters. The molecule has 0 saturated carbocycles. The highest BCUT2D eigenvalue weighted by atomic mass is 32.2. The Labute approximate surface area is 233 Å². The maximum Gasteiger partial charge on any atom is 0.416 e. The number of halogens is 3. The molecule has 5 N–H and O–H groups in total. The number of hydrogen-bond donors (Lipinski definition) is 4. The maximum atomic E-state index is 13.1. The standard InChI is InChI=1S/C23H26F3N3O2S.C4H4O4/c1-14-7-9-28-21-18(29-15(2)13-32-10-8-27)12-19(30-3)22(20(14)21)31-17-6-4-5-16(11-17)23(24,25)26;5-3(6)1-2-4(7)8/h4-7,9,11-12,15,29H,8,10,13,27H2,1-3H3;1-2H,(H,5,6)(H,7,8)/b;2-1+. The van der Waals surface area contributed by atoms with Crippen molar-refractivity contribution in [2.75, 3.05) is 30.5 Å². The number of anilines is 1. The van der Waals surface area contributed by atoms with Crippen LogP contribution in [0.4, 0.5) is 18.9 Å². The number of aryl methyl sites for hydroxylation is 1. The first kappa shape index (κ1) is 32.2. The fourth-order valence-electron chi connectivity index (χ4n) is 3.45. The van der Waals surface area contributed by atoms with Crippen LogP contribution in [0.25, 0.3) is 10.9 Å². The van der Waals surface area contributed by atoms with Gasteiger partial charge in [0.05, 0.1) is 29.3 Å². The second-order valence-electron chi connectivity index (χ2n) is 8.35. The van der Waals surface area contributed by atoms with Crippen LogP contribution in [0.15, 0.2) is 54.7 Å². The average molecular weight is 582 g/mol. The fourth-order valence-corrected chi connectivity index (χ4v) is 4.22. The smallest absolute Gasteiger partial charge is 0.416 e. The molecule has 0 aliphatic heterocycles. The number of ether oxygens (including phenoxy) is 2. The Morgan fingerprint density at radius 2 is 1.85 bits per heavy atom. The summed E-state index contributed by atoms with van der Waals surface area (Å²) >= 11 is 1.75. The van der Waals surface area contributed by atoms with Crippen LogP contribution in [0, 0.1) is 6.92 Å². The number of aromatic nitrogens is 1. The van der Waals surface area contributed by atoms with Crippen molar-refractivity contribution in [1.82, 2.24) is 4.98 Å². The van der Waals surface area contributed by atoms with Gasteiger partial charge >= 0.3 is 18.1 Å². The first-order valence-electron chi connectivity index (χ1n) is 11.9. The van der Waals surface area contributed by atoms with Gasteiger partial charge in [0.2, 0.25) is 0 Å². The van der Waals surface area contributed by atoms with Crippen molar-refractivity contribution in [2.45, 2.75) is 26.1 Å². The first-order valence-corrected chi connectivity index (χ1v) is 13.0. The largest absolute Gasteiger partial charge is 0.493 e. The van der Waals surface area contributed by atoms with Gasteiger partial charge in [-0.25, -0.2) is 9.59 Å². The molecule has 9 nitrogen and oxygen atoms in total. The highest BCUT2D eigenvalue weighted by Crippen LogP contribution is 2.44. The quantitative estimate of drug-likeness (QED) is 0.168. The van der Waals surface area contributed by atoms with Crippen LogP contribution < -0.4 is 20.5 Å². The Morgan fingerprint density at radius 1 is 1.18 bits per heavy atom. The van der Waals surface area contributed by atoms with E-state index in [-0.39, 0.29) is 11.8 Å². The molecule has 0 aliphatic rings. The molecule has 0 spiro atoms. The number of nitrogens with zero attached hydrogens (tertiary/aromatic N) is 1. The molecule has 1 heterocycles. The van der Waals surface area contributed by atoms with Gasteiger partial charge in [-0.3, -0.25) is 4.98 Å². The molecule has 13 heteroatoms. The summed E-state index contributed by atoms with van der Waals surface area (Å²) in [6.45, 7) is 4.58. The summed E-state index contributed by atoms with van der Waals surface area (Å²) in [4.78, 5) is 23.6. The minimum Gasteiger partial charge on any atom is -0.493 e. The number of carboxylic acids is 2. The second-order valence-corrected chi connectivity index (χ2v) is 9.50. The number of benzene rings is 2. The summed E-state index contributed by atoms with van der Waals surface area (Å²) in [6, 6.07) is 8.50. The van der Waals surface area contributed by atoms with E-state index >= 15 is 0 Å². The van der Waals surface area contributed by atoms with Gasteiger partial charge < -0.3 is 30.7 Å². The highest BCUT2D eigenvalue weighted by molar-refractivity contribution is 7.99. The van der Waals surface area contributed by atoms with E-state index in [2.05, 4.69) is 17.2 Å². The van der Waals surface area contributed by atoms with E-state index in [1.807, 2.05) is 13.0 Å². The van der Waals surface area contributed by atoms with Crippen LogP contribution in [0.3, 0.4) is 0 Å². The van der Waals surface area contributed by atoms with Crippen LogP contribution >= 0.6 is 11.8 Å². The third-order valence-electron chi connectivity index (χ3n) is 5.14. The van der Waals surface area contributed by atoms with E-state index < -0.39 is 23.7 Å². The number of thioether (sulfide) groups is 1. The van der Waals surface area contributed by atoms with Gasteiger partial charge in [0.15, 0.2) is 11.5 Å². The van der Waals surface area contributed by atoms with Crippen LogP contribution in [-0.4, -0.2) is 58.3 Å². The normalized spacial score (nSPS) is 12.0. The van der Waals surface area contributed by atoms with E-state index in [4.69, 9.17) is 25.4 Å². The number of hydrogen-bond acceptors (Lipinski definition) is 8. The van der Waals surface area contributed by atoms with Crippen LogP contribution in [0.2, 0.25) is 0 Å². The van der Waals surface area contributed by atoms with E-state index in [0.717, 1.165) is 34.9 Å². The molecule has 0 amide bonds. The number of carbonyl (C=O) groups is 2. The number of rotatable bonds is 11. The molecule has 2 aromatic carbocycles. The van der Waals surface area contributed by atoms with E-state index in [0.29, 0.717) is 41.1 Å². The molecule has 3 aromatic rings. The van der Waals surface area contributed by atoms with E-state index in [1.54, 1.807) is 24.0 Å². The number of pyridine rings is 1. The zero-order valence-corrected chi connectivity index (χ0v) is 22.8. The number of alkyl halides is 3. The Morgan fingerprint density at radius 3 is 2.42 bits per heavy atom. The molecule has 1 unspecified atom stereocenters. The van der Waals surface area contributed by atoms with Gasteiger partial charge in [-0.15, -0.1) is 0 Å². The van der Waals surface area contributed by atoms with Crippen molar-refractivity contribution in [2.24, 2.45) is 5.73 Å². The summed E-state index contributed by atoms with van der Waals surface area (Å²) < 4.78 is 51.0. The molecule has 1 aromatic heterocycles. The summed E-state index contributed by atoms with van der Waals surface area (Å²) in [5.74, 6) is 0.000174. The van der Waals surface area contributed by atoms with Crippen molar-refractivity contribution in [1.29, 1.82) is 0 Å². The lowest BCUT2D eigenvalue weighted by atomic mass is 10.1. The zero-order chi connectivity index (χ0) is 29.9. The van der Waals surface area contributed by atoms with Crippen molar-refractivity contribution in [3.05, 3.63) is 65.9 Å². The van der Waals surface area contributed by atoms with Gasteiger partial charge in [-0.1, -0.05) is 6.07 Å². The SMILES string of the molecule is COc1cc(NC(C)CSCCN)c2nccc(C)c2c1Oc1cccc(C(F)(F)F)c1.O=C(O)/C=C/C(=O)O. The maximum absolute atomic E-state index is 13.1. The summed E-state index contributed by atoms with van der Waals surface area (Å²) in [5, 5.41) is 19.8. The molecule has 40 heavy (non-hydrogen) atoms. The molecule has 0 radical (unpaired) electrons. The van der Waals surface area contributed by atoms with Crippen LogP contribution in [0.1, 0.15) is 18.1 Å². The Kier molecular flexibility index (Phi) is 12.1. The molecule has 0 bridgehead atoms. The number of fused-ring (bicyclic) bond motifs is 1. The topological polar surface area (TPSA) is 144 Å². The van der Waals surface area contributed by atoms with Crippen molar-refractivity contribution in [3.8, 4) is 17.2 Å². The summed E-state index contributed by atoms with van der Waals surface area (Å²) in [6.07, 6.45) is -1.66. The lowest BCUT2D eigenvalue weighted by Crippen LogP contribution is -2.19. The minimum absolute atomic E-state index is 0.0648. The highest BCUT2D eigenvalue weighted by Gasteiger charge is 2.31. The van der Waals surface area contributed by atoms with Gasteiger partial charge in [-0.2, -0.15) is 24.9 Å². The fraction of sp³-hybridized carbons (Fsp3) is 0.296. The first-order chi connectivity index (χ1) is 18.9. The van der Waals surface area contributed by atoms with Gasteiger partial charge in [0.1, 0.15) is 5.75 Å². The average Bonchev–Trinajstić information content (AvgIpc) is 2.89. The van der Waals surface area contributed by atoms with Gasteiger partial charge in [-0.05, 0) is 43.7 Å². The molecule has 0 fully saturated rings. The Balaban J connectivity index is 0.000000611. The number of aliphatic carboxylic acids is 2.